The number of hydrogen-bond donors (Lipinski definition) is 1. The molecule has 0 amide bonds. The van der Waals surface area contributed by atoms with Gasteiger partial charge in [-0.15, -0.1) is 0 Å². The Morgan fingerprint density at radius 3 is 2.67 bits per heavy atom. The highest BCUT2D eigenvalue weighted by atomic mass is 16.5. The molecule has 2 unspecified atom stereocenters. The van der Waals surface area contributed by atoms with Gasteiger partial charge in [-0.25, -0.2) is 4.98 Å². The van der Waals surface area contributed by atoms with Crippen LogP contribution in [0.5, 0.6) is 5.88 Å². The van der Waals surface area contributed by atoms with Crippen molar-refractivity contribution >= 4 is 0 Å². The summed E-state index contributed by atoms with van der Waals surface area (Å²) in [7, 11) is 0. The predicted octanol–water partition coefficient (Wildman–Crippen LogP) is 4.24. The Morgan fingerprint density at radius 2 is 2.05 bits per heavy atom. The minimum absolute atomic E-state index is 0.125. The van der Waals surface area contributed by atoms with Crippen LogP contribution in [0, 0.1) is 12.8 Å². The molecule has 2 atom stereocenters. The van der Waals surface area contributed by atoms with Crippen LogP contribution < -0.4 is 10.1 Å². The molecule has 0 saturated heterocycles. The third-order valence-electron chi connectivity index (χ3n) is 4.15. The first-order valence-corrected chi connectivity index (χ1v) is 8.22. The molecule has 0 spiro atoms. The molecule has 3 nitrogen and oxygen atoms in total. The molecular weight excluding hydrogens is 260 g/mol. The van der Waals surface area contributed by atoms with E-state index in [1.54, 1.807) is 0 Å². The molecule has 2 rings (SSSR count). The Hall–Kier alpha value is -1.09. The zero-order valence-electron chi connectivity index (χ0n) is 14.2. The summed E-state index contributed by atoms with van der Waals surface area (Å²) in [6.45, 7) is 11.8. The Morgan fingerprint density at radius 1 is 1.29 bits per heavy atom. The highest BCUT2D eigenvalue weighted by molar-refractivity contribution is 5.25. The summed E-state index contributed by atoms with van der Waals surface area (Å²) in [5, 5.41) is 3.50. The van der Waals surface area contributed by atoms with Gasteiger partial charge in [-0.2, -0.15) is 0 Å². The lowest BCUT2D eigenvalue weighted by Gasteiger charge is -2.27. The number of aromatic nitrogens is 1. The van der Waals surface area contributed by atoms with Crippen LogP contribution in [0.3, 0.4) is 0 Å². The molecule has 0 aliphatic heterocycles. The van der Waals surface area contributed by atoms with Crippen LogP contribution in [0.2, 0.25) is 0 Å². The van der Waals surface area contributed by atoms with Gasteiger partial charge in [0.05, 0.1) is 0 Å². The second-order valence-corrected chi connectivity index (χ2v) is 7.51. The minimum Gasteiger partial charge on any atom is -0.474 e. The lowest BCUT2D eigenvalue weighted by atomic mass is 9.89. The maximum absolute atomic E-state index is 6.08. The molecular formula is C18H30N2O. The van der Waals surface area contributed by atoms with Crippen LogP contribution in [0.4, 0.5) is 0 Å². The van der Waals surface area contributed by atoms with Crippen molar-refractivity contribution in [2.45, 2.75) is 78.5 Å². The molecule has 3 heteroatoms. The molecule has 1 aromatic heterocycles. The van der Waals surface area contributed by atoms with E-state index in [0.29, 0.717) is 6.10 Å². The van der Waals surface area contributed by atoms with Crippen LogP contribution in [0.1, 0.15) is 64.6 Å². The quantitative estimate of drug-likeness (QED) is 0.900. The molecule has 1 saturated carbocycles. The molecule has 1 fully saturated rings. The highest BCUT2D eigenvalue weighted by Crippen LogP contribution is 2.27. The van der Waals surface area contributed by atoms with Crippen molar-refractivity contribution in [3.8, 4) is 5.88 Å². The highest BCUT2D eigenvalue weighted by Gasteiger charge is 2.20. The molecule has 1 heterocycles. The van der Waals surface area contributed by atoms with Crippen molar-refractivity contribution in [2.75, 3.05) is 0 Å². The van der Waals surface area contributed by atoms with Gasteiger partial charge in [-0.05, 0) is 58.4 Å². The number of nitrogens with zero attached hydrogens (tertiary/aromatic N) is 1. The summed E-state index contributed by atoms with van der Waals surface area (Å²) < 4.78 is 6.08. The summed E-state index contributed by atoms with van der Waals surface area (Å²) in [6, 6.07) is 4.16. The first-order valence-electron chi connectivity index (χ1n) is 8.22. The lowest BCUT2D eigenvalue weighted by Crippen LogP contribution is -2.35. The average Bonchev–Trinajstić information content (AvgIpc) is 2.36. The van der Waals surface area contributed by atoms with Gasteiger partial charge < -0.3 is 10.1 Å². The van der Waals surface area contributed by atoms with Crippen molar-refractivity contribution in [1.82, 2.24) is 10.3 Å². The van der Waals surface area contributed by atoms with Gasteiger partial charge in [0.25, 0.3) is 0 Å². The van der Waals surface area contributed by atoms with Crippen LogP contribution >= 0.6 is 0 Å². The number of hydrogen-bond acceptors (Lipinski definition) is 3. The normalized spacial score (nSPS) is 23.1. The van der Waals surface area contributed by atoms with Crippen LogP contribution in [0.25, 0.3) is 0 Å². The van der Waals surface area contributed by atoms with E-state index in [0.717, 1.165) is 30.5 Å². The second-order valence-electron chi connectivity index (χ2n) is 7.51. The third kappa shape index (κ3) is 5.31. The van der Waals surface area contributed by atoms with E-state index >= 15 is 0 Å². The number of ether oxygens (including phenoxy) is 1. The van der Waals surface area contributed by atoms with E-state index < -0.39 is 0 Å². The van der Waals surface area contributed by atoms with Crippen LogP contribution in [-0.4, -0.2) is 16.6 Å². The Bertz CT molecular complexity index is 465. The Balaban J connectivity index is 1.95. The molecule has 21 heavy (non-hydrogen) atoms. The molecule has 0 radical (unpaired) electrons. The van der Waals surface area contributed by atoms with E-state index in [4.69, 9.17) is 4.74 Å². The summed E-state index contributed by atoms with van der Waals surface area (Å²) in [5.74, 6) is 1.56. The predicted molar refractivity (Wildman–Crippen MR) is 87.6 cm³/mol. The molecule has 1 aromatic rings. The van der Waals surface area contributed by atoms with Crippen molar-refractivity contribution in [3.05, 3.63) is 23.4 Å². The number of pyridine rings is 1. The van der Waals surface area contributed by atoms with Gasteiger partial charge in [0.15, 0.2) is 0 Å². The first kappa shape index (κ1) is 16.3. The lowest BCUT2D eigenvalue weighted by molar-refractivity contribution is 0.123. The van der Waals surface area contributed by atoms with Crippen LogP contribution in [-0.2, 0) is 6.54 Å². The number of rotatable bonds is 4. The van der Waals surface area contributed by atoms with E-state index in [9.17, 15) is 0 Å². The van der Waals surface area contributed by atoms with E-state index in [1.807, 2.05) is 6.07 Å². The van der Waals surface area contributed by atoms with Gasteiger partial charge in [0.1, 0.15) is 6.10 Å². The van der Waals surface area contributed by atoms with Crippen LogP contribution in [0.15, 0.2) is 12.1 Å². The molecule has 1 N–H and O–H groups in total. The standard InChI is InChI=1S/C18H30N2O/c1-13-7-6-8-16(11-13)21-17-10-9-15(14(2)20-17)12-19-18(3,4)5/h9-10,13,16,19H,6-8,11-12H2,1-5H3. The SMILES string of the molecule is Cc1nc(OC2CCCC(C)C2)ccc1CNC(C)(C)C. The van der Waals surface area contributed by atoms with E-state index in [1.165, 1.54) is 24.8 Å². The summed E-state index contributed by atoms with van der Waals surface area (Å²) >= 11 is 0. The van der Waals surface area contributed by atoms with Gasteiger partial charge in [0.2, 0.25) is 5.88 Å². The van der Waals surface area contributed by atoms with E-state index in [-0.39, 0.29) is 5.54 Å². The first-order chi connectivity index (χ1) is 9.83. The fourth-order valence-corrected chi connectivity index (χ4v) is 2.84. The van der Waals surface area contributed by atoms with Crippen molar-refractivity contribution in [3.63, 3.8) is 0 Å². The summed E-state index contributed by atoms with van der Waals surface area (Å²) in [4.78, 5) is 4.63. The van der Waals surface area contributed by atoms with Gasteiger partial charge in [0, 0.05) is 23.8 Å². The largest absolute Gasteiger partial charge is 0.474 e. The minimum atomic E-state index is 0.125. The van der Waals surface area contributed by atoms with E-state index in [2.05, 4.69) is 51.0 Å². The maximum Gasteiger partial charge on any atom is 0.213 e. The van der Waals surface area contributed by atoms with Gasteiger partial charge in [-0.3, -0.25) is 0 Å². The van der Waals surface area contributed by atoms with Gasteiger partial charge in [-0.1, -0.05) is 19.4 Å². The van der Waals surface area contributed by atoms with Crippen molar-refractivity contribution < 1.29 is 4.74 Å². The third-order valence-corrected chi connectivity index (χ3v) is 4.15. The fraction of sp³-hybridized carbons (Fsp3) is 0.722. The number of nitrogens with one attached hydrogen (secondary N) is 1. The Kier molecular flexibility index (Phi) is 5.26. The topological polar surface area (TPSA) is 34.1 Å². The maximum atomic E-state index is 6.08. The summed E-state index contributed by atoms with van der Waals surface area (Å²) in [5.41, 5.74) is 2.43. The van der Waals surface area contributed by atoms with Crippen molar-refractivity contribution in [2.24, 2.45) is 5.92 Å². The molecule has 0 bridgehead atoms. The zero-order chi connectivity index (χ0) is 15.5. The monoisotopic (exact) mass is 290 g/mol. The fourth-order valence-electron chi connectivity index (χ4n) is 2.84. The molecule has 1 aliphatic rings. The number of aryl methyl sites for hydroxylation is 1. The zero-order valence-corrected chi connectivity index (χ0v) is 14.2. The average molecular weight is 290 g/mol. The van der Waals surface area contributed by atoms with Crippen molar-refractivity contribution in [1.29, 1.82) is 0 Å². The molecule has 118 valence electrons. The van der Waals surface area contributed by atoms with Gasteiger partial charge >= 0.3 is 0 Å². The molecule has 0 aromatic carbocycles. The smallest absolute Gasteiger partial charge is 0.213 e. The molecule has 1 aliphatic carbocycles. The Labute approximate surface area is 129 Å². The summed E-state index contributed by atoms with van der Waals surface area (Å²) in [6.07, 6.45) is 5.29. The second kappa shape index (κ2) is 6.78.